The molecule has 0 fully saturated rings. The molecular weight excluding hydrogens is 214 g/mol. The van der Waals surface area contributed by atoms with Gasteiger partial charge in [-0.05, 0) is 32.4 Å². The van der Waals surface area contributed by atoms with Gasteiger partial charge in [0, 0.05) is 12.2 Å². The van der Waals surface area contributed by atoms with Crippen LogP contribution >= 0.6 is 0 Å². The molecule has 2 aromatic heterocycles. The van der Waals surface area contributed by atoms with Crippen LogP contribution in [0.3, 0.4) is 0 Å². The van der Waals surface area contributed by atoms with E-state index in [4.69, 9.17) is 10.2 Å². The molecule has 0 saturated heterocycles. The molecule has 4 nitrogen and oxygen atoms in total. The van der Waals surface area contributed by atoms with Crippen molar-refractivity contribution >= 4 is 0 Å². The number of furan rings is 1. The van der Waals surface area contributed by atoms with Crippen LogP contribution < -0.4 is 5.73 Å². The second-order valence-electron chi connectivity index (χ2n) is 4.36. The molecule has 2 heterocycles. The minimum absolute atomic E-state index is 0.0241. The number of imidazole rings is 1. The van der Waals surface area contributed by atoms with E-state index in [1.807, 2.05) is 31.6 Å². The average Bonchev–Trinajstić information content (AvgIpc) is 2.95. The Hall–Kier alpha value is -1.55. The van der Waals surface area contributed by atoms with Crippen molar-refractivity contribution in [2.24, 2.45) is 5.73 Å². The molecule has 0 saturated carbocycles. The van der Waals surface area contributed by atoms with Gasteiger partial charge in [0.2, 0.25) is 0 Å². The number of nitrogens with two attached hydrogens (primary N) is 1. The van der Waals surface area contributed by atoms with Gasteiger partial charge in [0.1, 0.15) is 11.5 Å². The number of rotatable bonds is 4. The van der Waals surface area contributed by atoms with Crippen molar-refractivity contribution < 1.29 is 4.42 Å². The number of hydrogen-bond donors (Lipinski definition) is 1. The van der Waals surface area contributed by atoms with Crippen molar-refractivity contribution in [1.82, 2.24) is 9.55 Å². The molecule has 0 aliphatic heterocycles. The maximum absolute atomic E-state index is 6.07. The highest BCUT2D eigenvalue weighted by Gasteiger charge is 2.17. The van der Waals surface area contributed by atoms with Crippen molar-refractivity contribution in [3.63, 3.8) is 0 Å². The molecule has 4 heteroatoms. The summed E-state index contributed by atoms with van der Waals surface area (Å²) in [6.45, 7) is 6.11. The number of hydrogen-bond acceptors (Lipinski definition) is 3. The second kappa shape index (κ2) is 4.75. The largest absolute Gasteiger partial charge is 0.464 e. The Morgan fingerprint density at radius 1 is 1.47 bits per heavy atom. The van der Waals surface area contributed by atoms with Crippen molar-refractivity contribution in [3.8, 4) is 0 Å². The predicted molar refractivity (Wildman–Crippen MR) is 66.7 cm³/mol. The minimum Gasteiger partial charge on any atom is -0.464 e. The molecule has 0 bridgehead atoms. The first-order chi connectivity index (χ1) is 8.13. The Balaban J connectivity index is 2.31. The Kier molecular flexibility index (Phi) is 3.33. The van der Waals surface area contributed by atoms with Gasteiger partial charge in [-0.3, -0.25) is 0 Å². The van der Waals surface area contributed by atoms with Crippen LogP contribution in [0.2, 0.25) is 0 Å². The van der Waals surface area contributed by atoms with Gasteiger partial charge < -0.3 is 14.7 Å². The van der Waals surface area contributed by atoms with Crippen molar-refractivity contribution in [1.29, 1.82) is 0 Å². The minimum atomic E-state index is 0.0241. The fourth-order valence-corrected chi connectivity index (χ4v) is 1.95. The maximum Gasteiger partial charge on any atom is 0.126 e. The van der Waals surface area contributed by atoms with Crippen molar-refractivity contribution in [2.45, 2.75) is 39.3 Å². The number of aryl methyl sites for hydroxylation is 1. The van der Waals surface area contributed by atoms with Gasteiger partial charge in [-0.2, -0.15) is 0 Å². The van der Waals surface area contributed by atoms with E-state index in [0.29, 0.717) is 0 Å². The zero-order valence-electron chi connectivity index (χ0n) is 10.6. The smallest absolute Gasteiger partial charge is 0.126 e. The lowest BCUT2D eigenvalue weighted by Gasteiger charge is -2.17. The third kappa shape index (κ3) is 2.26. The topological polar surface area (TPSA) is 57.0 Å². The van der Waals surface area contributed by atoms with Crippen molar-refractivity contribution in [2.75, 3.05) is 0 Å². The van der Waals surface area contributed by atoms with Gasteiger partial charge in [-0.25, -0.2) is 4.98 Å². The second-order valence-corrected chi connectivity index (χ2v) is 4.36. The summed E-state index contributed by atoms with van der Waals surface area (Å²) in [6, 6.07) is 4.12. The van der Waals surface area contributed by atoms with E-state index in [-0.39, 0.29) is 12.1 Å². The normalized spacial score (nSPS) is 14.8. The van der Waals surface area contributed by atoms with Gasteiger partial charge in [-0.1, -0.05) is 6.92 Å². The Bertz CT molecular complexity index is 486. The highest BCUT2D eigenvalue weighted by Crippen LogP contribution is 2.24. The fourth-order valence-electron chi connectivity index (χ4n) is 1.95. The summed E-state index contributed by atoms with van der Waals surface area (Å²) in [5.41, 5.74) is 7.12. The summed E-state index contributed by atoms with van der Waals surface area (Å²) in [6.07, 6.45) is 4.55. The molecule has 0 radical (unpaired) electrons. The summed E-state index contributed by atoms with van der Waals surface area (Å²) in [4.78, 5) is 4.19. The molecule has 2 N–H and O–H groups in total. The van der Waals surface area contributed by atoms with Crippen LogP contribution in [-0.4, -0.2) is 9.55 Å². The summed E-state index contributed by atoms with van der Waals surface area (Å²) in [7, 11) is 0. The lowest BCUT2D eigenvalue weighted by Crippen LogP contribution is -2.17. The van der Waals surface area contributed by atoms with E-state index in [9.17, 15) is 0 Å². The first-order valence-corrected chi connectivity index (χ1v) is 5.97. The summed E-state index contributed by atoms with van der Waals surface area (Å²) >= 11 is 0. The third-order valence-corrected chi connectivity index (χ3v) is 3.11. The molecule has 0 spiro atoms. The quantitative estimate of drug-likeness (QED) is 0.883. The lowest BCUT2D eigenvalue weighted by molar-refractivity contribution is 0.418. The highest BCUT2D eigenvalue weighted by atomic mass is 16.3. The third-order valence-electron chi connectivity index (χ3n) is 3.11. The Morgan fingerprint density at radius 2 is 2.24 bits per heavy atom. The molecule has 2 aromatic rings. The summed E-state index contributed by atoms with van der Waals surface area (Å²) in [5.74, 6) is 1.86. The molecular formula is C13H19N3O. The van der Waals surface area contributed by atoms with Gasteiger partial charge >= 0.3 is 0 Å². The fraction of sp³-hybridized carbons (Fsp3) is 0.462. The van der Waals surface area contributed by atoms with Crippen LogP contribution in [0, 0.1) is 6.92 Å². The van der Waals surface area contributed by atoms with E-state index in [2.05, 4.69) is 23.4 Å². The number of nitrogens with zero attached hydrogens (tertiary/aromatic N) is 2. The van der Waals surface area contributed by atoms with E-state index in [1.165, 1.54) is 0 Å². The SMILES string of the molecule is CC[C@@H](N)c1cncn1C(C)c1ccc(C)o1. The Morgan fingerprint density at radius 3 is 2.82 bits per heavy atom. The molecule has 0 aromatic carbocycles. The maximum atomic E-state index is 6.07. The highest BCUT2D eigenvalue weighted by molar-refractivity contribution is 5.14. The molecule has 2 rings (SSSR count). The molecule has 1 unspecified atom stereocenters. The van der Waals surface area contributed by atoms with Crippen LogP contribution in [0.1, 0.15) is 49.6 Å². The van der Waals surface area contributed by atoms with Crippen LogP contribution in [0.4, 0.5) is 0 Å². The number of aromatic nitrogens is 2. The molecule has 2 atom stereocenters. The monoisotopic (exact) mass is 233 g/mol. The van der Waals surface area contributed by atoms with Crippen LogP contribution in [0.25, 0.3) is 0 Å². The van der Waals surface area contributed by atoms with Crippen LogP contribution in [-0.2, 0) is 0 Å². The van der Waals surface area contributed by atoms with E-state index in [1.54, 1.807) is 0 Å². The van der Waals surface area contributed by atoms with Crippen molar-refractivity contribution in [3.05, 3.63) is 41.9 Å². The van der Waals surface area contributed by atoms with Gasteiger partial charge in [0.25, 0.3) is 0 Å². The molecule has 0 aliphatic carbocycles. The van der Waals surface area contributed by atoms with Crippen LogP contribution in [0.5, 0.6) is 0 Å². The molecule has 17 heavy (non-hydrogen) atoms. The van der Waals surface area contributed by atoms with Gasteiger partial charge in [0.05, 0.1) is 18.1 Å². The zero-order chi connectivity index (χ0) is 12.4. The zero-order valence-corrected chi connectivity index (χ0v) is 10.6. The van der Waals surface area contributed by atoms with E-state index >= 15 is 0 Å². The predicted octanol–water partition coefficient (Wildman–Crippen LogP) is 2.80. The van der Waals surface area contributed by atoms with E-state index < -0.39 is 0 Å². The van der Waals surface area contributed by atoms with Crippen LogP contribution in [0.15, 0.2) is 29.1 Å². The average molecular weight is 233 g/mol. The van der Waals surface area contributed by atoms with Gasteiger partial charge in [0.15, 0.2) is 0 Å². The van der Waals surface area contributed by atoms with Gasteiger partial charge in [-0.15, -0.1) is 0 Å². The summed E-state index contributed by atoms with van der Waals surface area (Å²) < 4.78 is 7.72. The molecule has 0 amide bonds. The Labute approximate surface area is 101 Å². The molecule has 92 valence electrons. The van der Waals surface area contributed by atoms with E-state index in [0.717, 1.165) is 23.6 Å². The first-order valence-electron chi connectivity index (χ1n) is 5.97. The first kappa shape index (κ1) is 11.9. The molecule has 0 aliphatic rings. The summed E-state index contributed by atoms with van der Waals surface area (Å²) in [5, 5.41) is 0. The standard InChI is InChI=1S/C13H19N3O/c1-4-11(14)12-7-15-8-16(12)10(3)13-6-5-9(2)17-13/h5-8,10-11H,4,14H2,1-3H3/t10?,11-/m1/s1. The lowest BCUT2D eigenvalue weighted by atomic mass is 10.1.